The molecule has 1 N–H and O–H groups in total. The van der Waals surface area contributed by atoms with E-state index in [1.807, 2.05) is 6.92 Å². The van der Waals surface area contributed by atoms with E-state index in [0.29, 0.717) is 12.1 Å². The first-order chi connectivity index (χ1) is 8.19. The smallest absolute Gasteiger partial charge is 0.297 e. The highest BCUT2D eigenvalue weighted by molar-refractivity contribution is 5.29. The van der Waals surface area contributed by atoms with Crippen LogP contribution in [0.1, 0.15) is 32.4 Å². The molecule has 0 atom stereocenters. The van der Waals surface area contributed by atoms with Gasteiger partial charge in [0.25, 0.3) is 6.01 Å². The van der Waals surface area contributed by atoms with Gasteiger partial charge in [0, 0.05) is 25.7 Å². The van der Waals surface area contributed by atoms with Crippen molar-refractivity contribution in [2.24, 2.45) is 0 Å². The van der Waals surface area contributed by atoms with Crippen LogP contribution in [-0.4, -0.2) is 24.1 Å². The van der Waals surface area contributed by atoms with Gasteiger partial charge < -0.3 is 14.6 Å². The van der Waals surface area contributed by atoms with Gasteiger partial charge in [-0.2, -0.15) is 4.98 Å². The minimum atomic E-state index is 0.697. The van der Waals surface area contributed by atoms with Gasteiger partial charge in [-0.15, -0.1) is 0 Å². The molecule has 0 aromatic carbocycles. The summed E-state index contributed by atoms with van der Waals surface area (Å²) < 4.78 is 5.50. The predicted octanol–water partition coefficient (Wildman–Crippen LogP) is 2.33. The molecule has 1 heterocycles. The molecule has 2 rings (SSSR count). The first-order valence-electron chi connectivity index (χ1n) is 6.26. The summed E-state index contributed by atoms with van der Waals surface area (Å²) in [5, 5.41) is 3.43. The third-order valence-electron chi connectivity index (χ3n) is 2.80. The van der Waals surface area contributed by atoms with E-state index in [4.69, 9.17) is 4.42 Å². The Bertz CT molecular complexity index is 382. The summed E-state index contributed by atoms with van der Waals surface area (Å²) in [5.74, 6) is 0. The van der Waals surface area contributed by atoms with Gasteiger partial charge >= 0.3 is 0 Å². The fourth-order valence-electron chi connectivity index (χ4n) is 1.70. The van der Waals surface area contributed by atoms with Crippen molar-refractivity contribution in [1.82, 2.24) is 10.3 Å². The van der Waals surface area contributed by atoms with E-state index in [0.717, 1.165) is 30.9 Å². The summed E-state index contributed by atoms with van der Waals surface area (Å²) in [6, 6.07) is 1.40. The standard InChI is InChI=1S/C13H21N3O/c1-4-16(8-10(2)3)13-15-12(9-17-13)7-14-11-5-6-11/h9,11,14H,2,4-8H2,1,3H3. The Kier molecular flexibility index (Phi) is 3.84. The Balaban J connectivity index is 1.91. The normalized spacial score (nSPS) is 14.9. The van der Waals surface area contributed by atoms with Gasteiger partial charge in [-0.3, -0.25) is 0 Å². The molecule has 1 saturated carbocycles. The molecule has 94 valence electrons. The second-order valence-corrected chi connectivity index (χ2v) is 4.75. The van der Waals surface area contributed by atoms with E-state index in [1.54, 1.807) is 6.26 Å². The summed E-state index contributed by atoms with van der Waals surface area (Å²) in [6.07, 6.45) is 4.33. The van der Waals surface area contributed by atoms with Gasteiger partial charge in [0.1, 0.15) is 6.26 Å². The SMILES string of the molecule is C=C(C)CN(CC)c1nc(CNC2CC2)co1. The van der Waals surface area contributed by atoms with Gasteiger partial charge in [-0.25, -0.2) is 0 Å². The lowest BCUT2D eigenvalue weighted by atomic mass is 10.3. The second-order valence-electron chi connectivity index (χ2n) is 4.75. The number of nitrogens with zero attached hydrogens (tertiary/aromatic N) is 2. The van der Waals surface area contributed by atoms with Crippen LogP contribution in [0.2, 0.25) is 0 Å². The van der Waals surface area contributed by atoms with Crippen molar-refractivity contribution in [1.29, 1.82) is 0 Å². The molecule has 1 fully saturated rings. The molecule has 0 aliphatic heterocycles. The Morgan fingerprint density at radius 2 is 2.41 bits per heavy atom. The lowest BCUT2D eigenvalue weighted by Crippen LogP contribution is -2.24. The molecule has 0 amide bonds. The molecule has 0 bridgehead atoms. The number of oxazole rings is 1. The van der Waals surface area contributed by atoms with Gasteiger partial charge in [-0.05, 0) is 26.7 Å². The van der Waals surface area contributed by atoms with E-state index in [2.05, 4.69) is 28.7 Å². The van der Waals surface area contributed by atoms with Crippen molar-refractivity contribution in [3.05, 3.63) is 24.1 Å². The molecular formula is C13H21N3O. The van der Waals surface area contributed by atoms with Crippen LogP contribution < -0.4 is 10.2 Å². The Morgan fingerprint density at radius 1 is 1.65 bits per heavy atom. The minimum Gasteiger partial charge on any atom is -0.432 e. The van der Waals surface area contributed by atoms with Gasteiger partial charge in [0.15, 0.2) is 0 Å². The monoisotopic (exact) mass is 235 g/mol. The highest BCUT2D eigenvalue weighted by atomic mass is 16.4. The molecule has 1 aliphatic rings. The Hall–Kier alpha value is -1.29. The van der Waals surface area contributed by atoms with Gasteiger partial charge in [0.2, 0.25) is 0 Å². The fourth-order valence-corrected chi connectivity index (χ4v) is 1.70. The first kappa shape index (κ1) is 12.2. The van der Waals surface area contributed by atoms with Crippen LogP contribution in [0.3, 0.4) is 0 Å². The molecule has 1 aromatic rings. The average molecular weight is 235 g/mol. The van der Waals surface area contributed by atoms with Crippen molar-refractivity contribution >= 4 is 6.01 Å². The van der Waals surface area contributed by atoms with Gasteiger partial charge in [-0.1, -0.05) is 12.2 Å². The molecule has 0 saturated heterocycles. The van der Waals surface area contributed by atoms with Crippen LogP contribution in [0, 0.1) is 0 Å². The number of nitrogens with one attached hydrogen (secondary N) is 1. The van der Waals surface area contributed by atoms with Crippen LogP contribution in [-0.2, 0) is 6.54 Å². The van der Waals surface area contributed by atoms with E-state index < -0.39 is 0 Å². The number of rotatable bonds is 7. The zero-order valence-electron chi connectivity index (χ0n) is 10.7. The zero-order chi connectivity index (χ0) is 12.3. The molecular weight excluding hydrogens is 214 g/mol. The van der Waals surface area contributed by atoms with Crippen molar-refractivity contribution in [2.45, 2.75) is 39.3 Å². The average Bonchev–Trinajstić information content (AvgIpc) is 3.01. The van der Waals surface area contributed by atoms with Crippen molar-refractivity contribution in [3.8, 4) is 0 Å². The zero-order valence-corrected chi connectivity index (χ0v) is 10.7. The highest BCUT2D eigenvalue weighted by Crippen LogP contribution is 2.20. The van der Waals surface area contributed by atoms with E-state index >= 15 is 0 Å². The van der Waals surface area contributed by atoms with Crippen molar-refractivity contribution in [3.63, 3.8) is 0 Å². The molecule has 0 unspecified atom stereocenters. The Labute approximate surface area is 103 Å². The molecule has 4 heteroatoms. The number of hydrogen-bond acceptors (Lipinski definition) is 4. The summed E-state index contributed by atoms with van der Waals surface area (Å²) in [7, 11) is 0. The third kappa shape index (κ3) is 3.60. The van der Waals surface area contributed by atoms with Crippen molar-refractivity contribution in [2.75, 3.05) is 18.0 Å². The minimum absolute atomic E-state index is 0.697. The largest absolute Gasteiger partial charge is 0.432 e. The summed E-state index contributed by atoms with van der Waals surface area (Å²) in [6.45, 7) is 10.5. The summed E-state index contributed by atoms with van der Waals surface area (Å²) in [4.78, 5) is 6.58. The lowest BCUT2D eigenvalue weighted by molar-refractivity contribution is 0.539. The maximum absolute atomic E-state index is 5.50. The number of hydrogen-bond donors (Lipinski definition) is 1. The van der Waals surface area contributed by atoms with Crippen LogP contribution in [0.4, 0.5) is 6.01 Å². The van der Waals surface area contributed by atoms with Crippen LogP contribution in [0.25, 0.3) is 0 Å². The maximum Gasteiger partial charge on any atom is 0.297 e. The van der Waals surface area contributed by atoms with E-state index in [9.17, 15) is 0 Å². The topological polar surface area (TPSA) is 41.3 Å². The molecule has 17 heavy (non-hydrogen) atoms. The first-order valence-corrected chi connectivity index (χ1v) is 6.26. The molecule has 4 nitrogen and oxygen atoms in total. The highest BCUT2D eigenvalue weighted by Gasteiger charge is 2.21. The third-order valence-corrected chi connectivity index (χ3v) is 2.80. The van der Waals surface area contributed by atoms with E-state index in [1.165, 1.54) is 12.8 Å². The Morgan fingerprint density at radius 3 is 3.00 bits per heavy atom. The predicted molar refractivity (Wildman–Crippen MR) is 69.1 cm³/mol. The number of anilines is 1. The number of aromatic nitrogens is 1. The molecule has 1 aliphatic carbocycles. The van der Waals surface area contributed by atoms with Gasteiger partial charge in [0.05, 0.1) is 5.69 Å². The summed E-state index contributed by atoms with van der Waals surface area (Å²) in [5.41, 5.74) is 2.09. The van der Waals surface area contributed by atoms with Crippen LogP contribution in [0.15, 0.2) is 22.8 Å². The molecule has 0 spiro atoms. The molecule has 0 radical (unpaired) electrons. The summed E-state index contributed by atoms with van der Waals surface area (Å²) >= 11 is 0. The van der Waals surface area contributed by atoms with E-state index in [-0.39, 0.29) is 0 Å². The fraction of sp³-hybridized carbons (Fsp3) is 0.615. The quantitative estimate of drug-likeness (QED) is 0.736. The van der Waals surface area contributed by atoms with Crippen molar-refractivity contribution < 1.29 is 4.42 Å². The molecule has 1 aromatic heterocycles. The van der Waals surface area contributed by atoms with Crippen LogP contribution >= 0.6 is 0 Å². The second kappa shape index (κ2) is 5.36. The van der Waals surface area contributed by atoms with Crippen LogP contribution in [0.5, 0.6) is 0 Å². The lowest BCUT2D eigenvalue weighted by Gasteiger charge is -2.17. The number of likely N-dealkylation sites (N-methyl/N-ethyl adjacent to an activating group) is 1. The maximum atomic E-state index is 5.50.